The standard InChI is InChI=1S/C8H9NO2/c9-4-6-2-1-3-7-8(6)11-5-10-7/h1-3H,4-5,9H2/p+1. The van der Waals surface area contributed by atoms with Crippen molar-refractivity contribution in [2.45, 2.75) is 6.54 Å². The molecule has 3 heteroatoms. The summed E-state index contributed by atoms with van der Waals surface area (Å²) in [5.74, 6) is 1.70. The zero-order valence-corrected chi connectivity index (χ0v) is 6.17. The first-order valence-corrected chi connectivity index (χ1v) is 3.58. The molecule has 58 valence electrons. The van der Waals surface area contributed by atoms with Gasteiger partial charge < -0.3 is 15.2 Å². The van der Waals surface area contributed by atoms with E-state index in [0.29, 0.717) is 6.79 Å². The summed E-state index contributed by atoms with van der Waals surface area (Å²) < 4.78 is 10.4. The summed E-state index contributed by atoms with van der Waals surface area (Å²) in [6.07, 6.45) is 0. The number of ether oxygens (including phenoxy) is 2. The Bertz CT molecular complexity index is 273. The van der Waals surface area contributed by atoms with Gasteiger partial charge in [-0.25, -0.2) is 0 Å². The van der Waals surface area contributed by atoms with Gasteiger partial charge in [-0.1, -0.05) is 6.07 Å². The van der Waals surface area contributed by atoms with Crippen LogP contribution in [0.15, 0.2) is 18.2 Å². The maximum absolute atomic E-state index is 5.26. The summed E-state index contributed by atoms with van der Waals surface area (Å²) in [6.45, 7) is 1.08. The summed E-state index contributed by atoms with van der Waals surface area (Å²) in [6, 6.07) is 5.86. The molecule has 0 atom stereocenters. The Morgan fingerprint density at radius 1 is 1.36 bits per heavy atom. The molecule has 3 N–H and O–H groups in total. The van der Waals surface area contributed by atoms with Gasteiger partial charge in [-0.05, 0) is 12.1 Å². The van der Waals surface area contributed by atoms with Gasteiger partial charge in [0.05, 0.1) is 5.56 Å². The van der Waals surface area contributed by atoms with Crippen LogP contribution in [-0.4, -0.2) is 6.79 Å². The zero-order chi connectivity index (χ0) is 7.68. The van der Waals surface area contributed by atoms with Crippen molar-refractivity contribution in [2.75, 3.05) is 6.79 Å². The Labute approximate surface area is 64.7 Å². The molecule has 1 aromatic rings. The fourth-order valence-electron chi connectivity index (χ4n) is 1.19. The van der Waals surface area contributed by atoms with E-state index in [1.54, 1.807) is 0 Å². The van der Waals surface area contributed by atoms with E-state index in [-0.39, 0.29) is 0 Å². The first-order chi connectivity index (χ1) is 5.42. The van der Waals surface area contributed by atoms with E-state index in [1.807, 2.05) is 18.2 Å². The smallest absolute Gasteiger partial charge is 0.231 e. The molecule has 0 unspecified atom stereocenters. The van der Waals surface area contributed by atoms with E-state index in [0.717, 1.165) is 23.6 Å². The second kappa shape index (κ2) is 2.43. The Morgan fingerprint density at radius 3 is 3.09 bits per heavy atom. The third kappa shape index (κ3) is 0.935. The maximum atomic E-state index is 5.26. The number of hydrogen-bond donors (Lipinski definition) is 1. The van der Waals surface area contributed by atoms with Gasteiger partial charge in [-0.15, -0.1) is 0 Å². The van der Waals surface area contributed by atoms with E-state index in [4.69, 9.17) is 9.47 Å². The van der Waals surface area contributed by atoms with Crippen molar-refractivity contribution in [3.8, 4) is 11.5 Å². The summed E-state index contributed by atoms with van der Waals surface area (Å²) >= 11 is 0. The fraction of sp³-hybridized carbons (Fsp3) is 0.250. The van der Waals surface area contributed by atoms with Crippen LogP contribution >= 0.6 is 0 Å². The Kier molecular flexibility index (Phi) is 1.43. The lowest BCUT2D eigenvalue weighted by atomic mass is 10.2. The molecule has 1 aliphatic heterocycles. The minimum Gasteiger partial charge on any atom is -0.454 e. The topological polar surface area (TPSA) is 46.1 Å². The third-order valence-electron chi connectivity index (χ3n) is 1.75. The van der Waals surface area contributed by atoms with Crippen molar-refractivity contribution in [3.63, 3.8) is 0 Å². The van der Waals surface area contributed by atoms with Crippen LogP contribution in [0.2, 0.25) is 0 Å². The molecule has 0 saturated heterocycles. The van der Waals surface area contributed by atoms with Crippen LogP contribution < -0.4 is 15.2 Å². The molecule has 0 bridgehead atoms. The van der Waals surface area contributed by atoms with Crippen LogP contribution in [0.25, 0.3) is 0 Å². The van der Waals surface area contributed by atoms with Crippen LogP contribution in [0, 0.1) is 0 Å². The van der Waals surface area contributed by atoms with Crippen molar-refractivity contribution >= 4 is 0 Å². The predicted molar refractivity (Wildman–Crippen MR) is 39.2 cm³/mol. The number of para-hydroxylation sites is 1. The summed E-state index contributed by atoms with van der Waals surface area (Å²) in [5, 5.41) is 0. The molecule has 2 rings (SSSR count). The van der Waals surface area contributed by atoms with Gasteiger partial charge in [0.1, 0.15) is 6.54 Å². The van der Waals surface area contributed by atoms with Gasteiger partial charge in [0, 0.05) is 0 Å². The average Bonchev–Trinajstić information content (AvgIpc) is 2.50. The molecular formula is C8H10NO2+. The highest BCUT2D eigenvalue weighted by Crippen LogP contribution is 2.34. The molecule has 1 heterocycles. The van der Waals surface area contributed by atoms with Crippen LogP contribution in [0.1, 0.15) is 5.56 Å². The molecular weight excluding hydrogens is 142 g/mol. The molecule has 0 fully saturated rings. The van der Waals surface area contributed by atoms with E-state index in [9.17, 15) is 0 Å². The highest BCUT2D eigenvalue weighted by molar-refractivity contribution is 5.47. The van der Waals surface area contributed by atoms with Gasteiger partial charge in [0.25, 0.3) is 0 Å². The van der Waals surface area contributed by atoms with Crippen LogP contribution in [-0.2, 0) is 6.54 Å². The fourth-order valence-corrected chi connectivity index (χ4v) is 1.19. The summed E-state index contributed by atoms with van der Waals surface area (Å²) in [5.41, 5.74) is 4.91. The molecule has 0 spiro atoms. The monoisotopic (exact) mass is 152 g/mol. The number of quaternary nitrogens is 1. The molecule has 0 amide bonds. The van der Waals surface area contributed by atoms with Gasteiger partial charge in [0.2, 0.25) is 6.79 Å². The van der Waals surface area contributed by atoms with Crippen LogP contribution in [0.4, 0.5) is 0 Å². The number of rotatable bonds is 1. The van der Waals surface area contributed by atoms with E-state index >= 15 is 0 Å². The Morgan fingerprint density at radius 2 is 2.27 bits per heavy atom. The lowest BCUT2D eigenvalue weighted by Gasteiger charge is -1.98. The number of fused-ring (bicyclic) bond motifs is 1. The normalized spacial score (nSPS) is 13.5. The van der Waals surface area contributed by atoms with Gasteiger partial charge in [-0.3, -0.25) is 0 Å². The van der Waals surface area contributed by atoms with Crippen LogP contribution in [0.5, 0.6) is 11.5 Å². The molecule has 1 aromatic carbocycles. The molecule has 11 heavy (non-hydrogen) atoms. The lowest BCUT2D eigenvalue weighted by Crippen LogP contribution is -2.47. The highest BCUT2D eigenvalue weighted by Gasteiger charge is 2.16. The van der Waals surface area contributed by atoms with Crippen molar-refractivity contribution in [1.82, 2.24) is 0 Å². The van der Waals surface area contributed by atoms with Crippen molar-refractivity contribution in [2.24, 2.45) is 0 Å². The number of benzene rings is 1. The second-order valence-corrected chi connectivity index (χ2v) is 2.40. The summed E-state index contributed by atoms with van der Waals surface area (Å²) in [4.78, 5) is 0. The van der Waals surface area contributed by atoms with Gasteiger partial charge >= 0.3 is 0 Å². The SMILES string of the molecule is [NH3+]Cc1cccc2c1OCO2. The molecule has 0 aliphatic carbocycles. The van der Waals surface area contributed by atoms with Gasteiger partial charge in [-0.2, -0.15) is 0 Å². The maximum Gasteiger partial charge on any atom is 0.231 e. The lowest BCUT2D eigenvalue weighted by molar-refractivity contribution is -0.386. The second-order valence-electron chi connectivity index (χ2n) is 2.40. The quantitative estimate of drug-likeness (QED) is 0.623. The van der Waals surface area contributed by atoms with Crippen molar-refractivity contribution in [1.29, 1.82) is 0 Å². The molecule has 0 saturated carbocycles. The molecule has 3 nitrogen and oxygen atoms in total. The highest BCUT2D eigenvalue weighted by atomic mass is 16.7. The molecule has 0 aromatic heterocycles. The molecule has 0 radical (unpaired) electrons. The minimum atomic E-state index is 0.340. The Hall–Kier alpha value is -1.22. The predicted octanol–water partition coefficient (Wildman–Crippen LogP) is 0.157. The summed E-state index contributed by atoms with van der Waals surface area (Å²) in [7, 11) is 0. The number of hydrogen-bond acceptors (Lipinski definition) is 2. The average molecular weight is 152 g/mol. The van der Waals surface area contributed by atoms with Crippen LogP contribution in [0.3, 0.4) is 0 Å². The van der Waals surface area contributed by atoms with Gasteiger partial charge in [0.15, 0.2) is 11.5 Å². The third-order valence-corrected chi connectivity index (χ3v) is 1.75. The zero-order valence-electron chi connectivity index (χ0n) is 6.17. The van der Waals surface area contributed by atoms with E-state index in [1.165, 1.54) is 0 Å². The Balaban J connectivity index is 2.50. The first kappa shape index (κ1) is 6.49. The van der Waals surface area contributed by atoms with Crippen molar-refractivity contribution < 1.29 is 15.2 Å². The largest absolute Gasteiger partial charge is 0.454 e. The van der Waals surface area contributed by atoms with E-state index in [2.05, 4.69) is 5.73 Å². The first-order valence-electron chi connectivity index (χ1n) is 3.58. The van der Waals surface area contributed by atoms with Crippen molar-refractivity contribution in [3.05, 3.63) is 23.8 Å². The molecule has 1 aliphatic rings. The minimum absolute atomic E-state index is 0.340. The van der Waals surface area contributed by atoms with E-state index < -0.39 is 0 Å².